The molecule has 1 saturated heterocycles. The van der Waals surface area contributed by atoms with E-state index in [9.17, 15) is 9.59 Å². The van der Waals surface area contributed by atoms with Crippen molar-refractivity contribution >= 4 is 29.1 Å². The molecule has 23 heavy (non-hydrogen) atoms. The van der Waals surface area contributed by atoms with Crippen LogP contribution in [-0.4, -0.2) is 56.1 Å². The Balaban J connectivity index is 1.70. The molecule has 6 nitrogen and oxygen atoms in total. The number of nitrogens with zero attached hydrogens (tertiary/aromatic N) is 1. The molecule has 1 fully saturated rings. The first-order valence-corrected chi connectivity index (χ1v) is 8.09. The molecule has 0 atom stereocenters. The highest BCUT2D eigenvalue weighted by atomic mass is 35.5. The number of halogens is 1. The Morgan fingerprint density at radius 3 is 2.74 bits per heavy atom. The van der Waals surface area contributed by atoms with Crippen LogP contribution in [0.3, 0.4) is 0 Å². The molecular formula is C16H22ClN3O3. The van der Waals surface area contributed by atoms with Crippen LogP contribution >= 0.6 is 11.6 Å². The molecule has 0 radical (unpaired) electrons. The number of carbonyl (C=O) groups is 2. The van der Waals surface area contributed by atoms with Gasteiger partial charge in [-0.2, -0.15) is 0 Å². The second kappa shape index (κ2) is 8.86. The topological polar surface area (TPSA) is 70.7 Å². The molecule has 2 amide bonds. The molecule has 0 saturated carbocycles. The van der Waals surface area contributed by atoms with Gasteiger partial charge in [-0.3, -0.25) is 14.5 Å². The van der Waals surface area contributed by atoms with Crippen molar-refractivity contribution in [2.45, 2.75) is 13.3 Å². The summed E-state index contributed by atoms with van der Waals surface area (Å²) in [5, 5.41) is 5.72. The third-order valence-electron chi connectivity index (χ3n) is 3.69. The van der Waals surface area contributed by atoms with Gasteiger partial charge < -0.3 is 15.4 Å². The van der Waals surface area contributed by atoms with Gasteiger partial charge in [-0.05, 0) is 37.6 Å². The van der Waals surface area contributed by atoms with E-state index < -0.39 is 11.8 Å². The predicted molar refractivity (Wildman–Crippen MR) is 89.7 cm³/mol. The van der Waals surface area contributed by atoms with Gasteiger partial charge in [0.2, 0.25) is 0 Å². The van der Waals surface area contributed by atoms with Crippen molar-refractivity contribution in [1.82, 2.24) is 10.2 Å². The predicted octanol–water partition coefficient (Wildman–Crippen LogP) is 1.43. The molecule has 0 aromatic heterocycles. The first-order valence-electron chi connectivity index (χ1n) is 7.71. The highest BCUT2D eigenvalue weighted by Gasteiger charge is 2.15. The minimum Gasteiger partial charge on any atom is -0.379 e. The lowest BCUT2D eigenvalue weighted by molar-refractivity contribution is -0.136. The molecule has 1 aliphatic heterocycles. The number of ether oxygens (including phenoxy) is 1. The zero-order valence-corrected chi connectivity index (χ0v) is 14.0. The average Bonchev–Trinajstić information content (AvgIpc) is 2.55. The summed E-state index contributed by atoms with van der Waals surface area (Å²) in [4.78, 5) is 26.0. The van der Waals surface area contributed by atoms with Crippen molar-refractivity contribution < 1.29 is 14.3 Å². The fourth-order valence-electron chi connectivity index (χ4n) is 2.32. The first kappa shape index (κ1) is 17.7. The smallest absolute Gasteiger partial charge is 0.313 e. The van der Waals surface area contributed by atoms with Crippen molar-refractivity contribution in [1.29, 1.82) is 0 Å². The zero-order chi connectivity index (χ0) is 16.7. The SMILES string of the molecule is Cc1ccc(Cl)cc1NC(=O)C(=O)NCCCN1CCOCC1. The van der Waals surface area contributed by atoms with Crippen LogP contribution in [0.25, 0.3) is 0 Å². The van der Waals surface area contributed by atoms with Crippen LogP contribution < -0.4 is 10.6 Å². The molecule has 0 unspecified atom stereocenters. The molecule has 2 N–H and O–H groups in total. The Morgan fingerprint density at radius 1 is 1.26 bits per heavy atom. The third kappa shape index (κ3) is 5.82. The van der Waals surface area contributed by atoms with E-state index in [1.165, 1.54) is 0 Å². The van der Waals surface area contributed by atoms with E-state index in [1.54, 1.807) is 18.2 Å². The molecule has 2 rings (SSSR count). The van der Waals surface area contributed by atoms with Gasteiger partial charge in [0.1, 0.15) is 0 Å². The van der Waals surface area contributed by atoms with Crippen LogP contribution in [0.1, 0.15) is 12.0 Å². The Bertz CT molecular complexity index is 560. The van der Waals surface area contributed by atoms with Gasteiger partial charge in [0.05, 0.1) is 13.2 Å². The average molecular weight is 340 g/mol. The van der Waals surface area contributed by atoms with Gasteiger partial charge in [-0.15, -0.1) is 0 Å². The van der Waals surface area contributed by atoms with Gasteiger partial charge in [0, 0.05) is 30.3 Å². The Labute approximate surface area is 141 Å². The standard InChI is InChI=1S/C16H22ClN3O3/c1-12-3-4-13(17)11-14(12)19-16(22)15(21)18-5-2-6-20-7-9-23-10-8-20/h3-4,11H,2,5-10H2,1H3,(H,18,21)(H,19,22). The van der Waals surface area contributed by atoms with Crippen molar-refractivity contribution in [3.8, 4) is 0 Å². The largest absolute Gasteiger partial charge is 0.379 e. The molecule has 0 bridgehead atoms. The molecule has 1 heterocycles. The van der Waals surface area contributed by atoms with Crippen LogP contribution in [0.4, 0.5) is 5.69 Å². The Kier molecular flexibility index (Phi) is 6.83. The number of anilines is 1. The van der Waals surface area contributed by atoms with E-state index in [0.717, 1.165) is 44.8 Å². The molecule has 126 valence electrons. The summed E-state index contributed by atoms with van der Waals surface area (Å²) in [5.41, 5.74) is 1.40. The van der Waals surface area contributed by atoms with Gasteiger partial charge in [0.25, 0.3) is 0 Å². The lowest BCUT2D eigenvalue weighted by Crippen LogP contribution is -2.39. The summed E-state index contributed by atoms with van der Waals surface area (Å²) < 4.78 is 5.28. The lowest BCUT2D eigenvalue weighted by Gasteiger charge is -2.26. The molecule has 0 spiro atoms. The molecule has 0 aliphatic carbocycles. The summed E-state index contributed by atoms with van der Waals surface area (Å²) >= 11 is 5.89. The van der Waals surface area contributed by atoms with Gasteiger partial charge in [-0.1, -0.05) is 17.7 Å². The molecule has 1 aromatic carbocycles. The fourth-order valence-corrected chi connectivity index (χ4v) is 2.49. The number of hydrogen-bond donors (Lipinski definition) is 2. The van der Waals surface area contributed by atoms with Crippen LogP contribution in [0.2, 0.25) is 5.02 Å². The van der Waals surface area contributed by atoms with Gasteiger partial charge >= 0.3 is 11.8 Å². The van der Waals surface area contributed by atoms with E-state index in [2.05, 4.69) is 15.5 Å². The van der Waals surface area contributed by atoms with Crippen LogP contribution in [-0.2, 0) is 14.3 Å². The molecule has 1 aromatic rings. The maximum absolute atomic E-state index is 11.9. The number of rotatable bonds is 5. The molecule has 7 heteroatoms. The third-order valence-corrected chi connectivity index (χ3v) is 3.93. The second-order valence-corrected chi connectivity index (χ2v) is 5.91. The molecular weight excluding hydrogens is 318 g/mol. The monoisotopic (exact) mass is 339 g/mol. The fraction of sp³-hybridized carbons (Fsp3) is 0.500. The lowest BCUT2D eigenvalue weighted by atomic mass is 10.2. The number of aryl methyl sites for hydroxylation is 1. The number of benzene rings is 1. The summed E-state index contributed by atoms with van der Waals surface area (Å²) in [6.45, 7) is 6.55. The first-order chi connectivity index (χ1) is 11.1. The second-order valence-electron chi connectivity index (χ2n) is 5.48. The van der Waals surface area contributed by atoms with E-state index in [-0.39, 0.29) is 0 Å². The van der Waals surface area contributed by atoms with E-state index in [4.69, 9.17) is 16.3 Å². The maximum Gasteiger partial charge on any atom is 0.313 e. The van der Waals surface area contributed by atoms with Gasteiger partial charge in [-0.25, -0.2) is 0 Å². The minimum absolute atomic E-state index is 0.470. The Morgan fingerprint density at radius 2 is 2.00 bits per heavy atom. The summed E-state index contributed by atoms with van der Waals surface area (Å²) in [5.74, 6) is -1.31. The van der Waals surface area contributed by atoms with E-state index >= 15 is 0 Å². The van der Waals surface area contributed by atoms with Crippen molar-refractivity contribution in [2.75, 3.05) is 44.7 Å². The normalized spacial score (nSPS) is 15.2. The number of carbonyl (C=O) groups excluding carboxylic acids is 2. The van der Waals surface area contributed by atoms with Crippen molar-refractivity contribution in [3.05, 3.63) is 28.8 Å². The maximum atomic E-state index is 11.9. The number of hydrogen-bond acceptors (Lipinski definition) is 4. The van der Waals surface area contributed by atoms with Crippen molar-refractivity contribution in [3.63, 3.8) is 0 Å². The van der Waals surface area contributed by atoms with E-state index in [0.29, 0.717) is 17.3 Å². The molecule has 1 aliphatic rings. The zero-order valence-electron chi connectivity index (χ0n) is 13.2. The van der Waals surface area contributed by atoms with Gasteiger partial charge in [0.15, 0.2) is 0 Å². The summed E-state index contributed by atoms with van der Waals surface area (Å²) in [7, 11) is 0. The van der Waals surface area contributed by atoms with E-state index in [1.807, 2.05) is 6.92 Å². The van der Waals surface area contributed by atoms with Crippen molar-refractivity contribution in [2.24, 2.45) is 0 Å². The minimum atomic E-state index is -0.679. The van der Waals surface area contributed by atoms with Crippen LogP contribution in [0.5, 0.6) is 0 Å². The summed E-state index contributed by atoms with van der Waals surface area (Å²) in [6.07, 6.45) is 0.801. The summed E-state index contributed by atoms with van der Waals surface area (Å²) in [6, 6.07) is 5.15. The highest BCUT2D eigenvalue weighted by Crippen LogP contribution is 2.19. The highest BCUT2D eigenvalue weighted by molar-refractivity contribution is 6.40. The Hall–Kier alpha value is -1.63. The number of nitrogens with one attached hydrogen (secondary N) is 2. The quantitative estimate of drug-likeness (QED) is 0.629. The number of morpholine rings is 1. The van der Waals surface area contributed by atoms with Crippen LogP contribution in [0, 0.1) is 6.92 Å². The van der Waals surface area contributed by atoms with Crippen LogP contribution in [0.15, 0.2) is 18.2 Å². The number of amides is 2.